The van der Waals surface area contributed by atoms with Crippen LogP contribution in [0.2, 0.25) is 0 Å². The van der Waals surface area contributed by atoms with Crippen molar-refractivity contribution in [1.29, 1.82) is 0 Å². The first-order chi connectivity index (χ1) is 21.3. The van der Waals surface area contributed by atoms with E-state index in [0.29, 0.717) is 29.3 Å². The van der Waals surface area contributed by atoms with E-state index in [-0.39, 0.29) is 49.8 Å². The normalized spacial score (nSPS) is 11.6. The summed E-state index contributed by atoms with van der Waals surface area (Å²) in [5, 5.41) is 5.93. The third kappa shape index (κ3) is 8.66. The Kier molecular flexibility index (Phi) is 11.0. The van der Waals surface area contributed by atoms with E-state index >= 15 is 0 Å². The fourth-order valence-electron chi connectivity index (χ4n) is 4.53. The van der Waals surface area contributed by atoms with Gasteiger partial charge in [-0.1, -0.05) is 55.8 Å². The Morgan fingerprint density at radius 2 is 1.80 bits per heavy atom. The number of esters is 2. The lowest BCUT2D eigenvalue weighted by Crippen LogP contribution is -2.23. The molecule has 4 aromatic rings. The fourth-order valence-corrected chi connectivity index (χ4v) is 4.53. The van der Waals surface area contributed by atoms with Gasteiger partial charge in [0.25, 0.3) is 0 Å². The second-order valence-corrected chi connectivity index (χ2v) is 10.3. The highest BCUT2D eigenvalue weighted by Crippen LogP contribution is 2.19. The van der Waals surface area contributed by atoms with E-state index in [4.69, 9.17) is 15.2 Å². The maximum Gasteiger partial charge on any atom is 0.328 e. The van der Waals surface area contributed by atoms with Crippen LogP contribution < -0.4 is 22.1 Å². The van der Waals surface area contributed by atoms with Gasteiger partial charge in [0.15, 0.2) is 11.5 Å². The van der Waals surface area contributed by atoms with Crippen LogP contribution in [0.25, 0.3) is 11.2 Å². The number of hydrogen-bond donors (Lipinski definition) is 4. The number of aromatic nitrogens is 4. The molecule has 0 saturated heterocycles. The maximum absolute atomic E-state index is 12.7. The molecule has 1 atom stereocenters. The van der Waals surface area contributed by atoms with Gasteiger partial charge < -0.3 is 30.8 Å². The molecule has 0 saturated carbocycles. The van der Waals surface area contributed by atoms with Crippen molar-refractivity contribution in [1.82, 2.24) is 19.5 Å². The molecule has 5 N–H and O–H groups in total. The lowest BCUT2D eigenvalue weighted by molar-refractivity contribution is -0.154. The van der Waals surface area contributed by atoms with Crippen molar-refractivity contribution in [3.05, 3.63) is 76.2 Å². The summed E-state index contributed by atoms with van der Waals surface area (Å²) in [4.78, 5) is 61.4. The zero-order chi connectivity index (χ0) is 31.5. The molecule has 0 fully saturated rings. The number of nitrogens with one attached hydrogen (secondary N) is 3. The molecule has 0 radical (unpaired) electrons. The molecule has 2 heterocycles. The van der Waals surface area contributed by atoms with Crippen molar-refractivity contribution in [2.75, 3.05) is 30.0 Å². The Labute approximate surface area is 254 Å². The summed E-state index contributed by atoms with van der Waals surface area (Å²) in [5.41, 5.74) is 8.62. The molecule has 0 spiro atoms. The molecule has 2 aromatic carbocycles. The van der Waals surface area contributed by atoms with Gasteiger partial charge in [-0.15, -0.1) is 0 Å². The number of H-pyrrole nitrogens is 1. The minimum Gasteiger partial charge on any atom is -0.469 e. The molecule has 0 aliphatic carbocycles. The van der Waals surface area contributed by atoms with Crippen LogP contribution in [0.1, 0.15) is 50.2 Å². The van der Waals surface area contributed by atoms with Gasteiger partial charge in [0.05, 0.1) is 26.0 Å². The summed E-state index contributed by atoms with van der Waals surface area (Å²) < 4.78 is 11.6. The molecule has 13 heteroatoms. The Bertz CT molecular complexity index is 1630. The predicted molar refractivity (Wildman–Crippen MR) is 166 cm³/mol. The first kappa shape index (κ1) is 31.7. The Morgan fingerprint density at radius 3 is 2.50 bits per heavy atom. The van der Waals surface area contributed by atoms with Crippen molar-refractivity contribution in [3.63, 3.8) is 0 Å². The number of ether oxygens (including phenoxy) is 2. The lowest BCUT2D eigenvalue weighted by atomic mass is 9.99. The molecule has 0 aliphatic rings. The quantitative estimate of drug-likeness (QED) is 0.116. The number of methoxy groups -OCH3 is 1. The molecule has 1 amide bonds. The highest BCUT2D eigenvalue weighted by atomic mass is 16.5. The van der Waals surface area contributed by atoms with E-state index in [9.17, 15) is 19.2 Å². The zero-order valence-corrected chi connectivity index (χ0v) is 24.8. The predicted octanol–water partition coefficient (Wildman–Crippen LogP) is 3.60. The van der Waals surface area contributed by atoms with E-state index in [1.165, 1.54) is 11.7 Å². The van der Waals surface area contributed by atoms with E-state index in [2.05, 4.69) is 32.5 Å². The van der Waals surface area contributed by atoms with E-state index in [1.54, 1.807) is 24.3 Å². The van der Waals surface area contributed by atoms with Crippen LogP contribution in [0, 0.1) is 5.92 Å². The van der Waals surface area contributed by atoms with Gasteiger partial charge in [-0.2, -0.15) is 9.97 Å². The molecular formula is C31H37N7O6. The number of nitrogens with two attached hydrogens (primary N) is 1. The SMILES string of the molecule is CCCCNc1nc(N)c2[nH]c(=O)n(Cc3ccc(NC(=O)CC[C@H](CC(=O)OCc4ccccc4)C(=O)OC)cc3)c2n1. The van der Waals surface area contributed by atoms with Crippen LogP contribution in [-0.4, -0.2) is 51.0 Å². The number of imidazole rings is 1. The first-order valence-corrected chi connectivity index (χ1v) is 14.4. The molecule has 4 rings (SSSR count). The molecule has 232 valence electrons. The summed E-state index contributed by atoms with van der Waals surface area (Å²) in [6.45, 7) is 3.08. The van der Waals surface area contributed by atoms with Crippen LogP contribution in [0.15, 0.2) is 59.4 Å². The van der Waals surface area contributed by atoms with E-state index in [1.807, 2.05) is 30.3 Å². The number of nitrogens with zero attached hydrogens (tertiary/aromatic N) is 3. The second-order valence-electron chi connectivity index (χ2n) is 10.3. The molecular weight excluding hydrogens is 566 g/mol. The standard InChI is InChI=1S/C31H37N7O6/c1-3-4-16-33-30-36-27(32)26-28(37-30)38(31(42)35-26)18-20-10-13-23(14-11-20)34-24(39)15-12-22(29(41)43-2)17-25(40)44-19-21-8-6-5-7-9-21/h5-11,13-14,22H,3-4,12,15-19H2,1-2H3,(H,34,39)(H,35,42)(H3,32,33,36,37)/t22-/m1/s1. The number of benzene rings is 2. The Hall–Kier alpha value is -5.20. The van der Waals surface area contributed by atoms with Gasteiger partial charge in [-0.25, -0.2) is 4.79 Å². The van der Waals surface area contributed by atoms with Gasteiger partial charge in [0.1, 0.15) is 12.1 Å². The number of rotatable bonds is 15. The van der Waals surface area contributed by atoms with Crippen molar-refractivity contribution in [2.24, 2.45) is 5.92 Å². The monoisotopic (exact) mass is 603 g/mol. The maximum atomic E-state index is 12.7. The number of aromatic amines is 1. The number of fused-ring (bicyclic) bond motifs is 1. The summed E-state index contributed by atoms with van der Waals surface area (Å²) in [6, 6.07) is 16.2. The van der Waals surface area contributed by atoms with Crippen LogP contribution in [0.4, 0.5) is 17.5 Å². The largest absolute Gasteiger partial charge is 0.469 e. The number of amides is 1. The van der Waals surface area contributed by atoms with Crippen molar-refractivity contribution >= 4 is 46.5 Å². The van der Waals surface area contributed by atoms with E-state index in [0.717, 1.165) is 24.0 Å². The van der Waals surface area contributed by atoms with Crippen LogP contribution >= 0.6 is 0 Å². The summed E-state index contributed by atoms with van der Waals surface area (Å²) in [6.07, 6.45) is 1.87. The van der Waals surface area contributed by atoms with Gasteiger partial charge in [-0.3, -0.25) is 19.0 Å². The van der Waals surface area contributed by atoms with Gasteiger partial charge >= 0.3 is 17.6 Å². The number of unbranched alkanes of at least 4 members (excludes halogenated alkanes) is 1. The second kappa shape index (κ2) is 15.3. The molecule has 0 unspecified atom stereocenters. The van der Waals surface area contributed by atoms with Gasteiger partial charge in [0, 0.05) is 18.7 Å². The van der Waals surface area contributed by atoms with Gasteiger partial charge in [-0.05, 0) is 36.1 Å². The summed E-state index contributed by atoms with van der Waals surface area (Å²) in [5.74, 6) is -1.73. The highest BCUT2D eigenvalue weighted by Gasteiger charge is 2.24. The lowest BCUT2D eigenvalue weighted by Gasteiger charge is -2.14. The fraction of sp³-hybridized carbons (Fsp3) is 0.355. The first-order valence-electron chi connectivity index (χ1n) is 14.4. The van der Waals surface area contributed by atoms with Crippen molar-refractivity contribution in [2.45, 2.75) is 52.2 Å². The topological polar surface area (TPSA) is 183 Å². The smallest absolute Gasteiger partial charge is 0.328 e. The molecule has 44 heavy (non-hydrogen) atoms. The van der Waals surface area contributed by atoms with E-state index < -0.39 is 17.9 Å². The number of hydrogen-bond acceptors (Lipinski definition) is 10. The highest BCUT2D eigenvalue weighted by molar-refractivity contribution is 5.91. The van der Waals surface area contributed by atoms with Crippen molar-refractivity contribution in [3.8, 4) is 0 Å². The van der Waals surface area contributed by atoms with Crippen LogP contribution in [0.5, 0.6) is 0 Å². The molecule has 0 aliphatic heterocycles. The number of nitrogen functional groups attached to an aromatic ring is 1. The third-order valence-electron chi connectivity index (χ3n) is 6.95. The Balaban J connectivity index is 1.32. The van der Waals surface area contributed by atoms with Crippen molar-refractivity contribution < 1.29 is 23.9 Å². The minimum atomic E-state index is -0.814. The minimum absolute atomic E-state index is 0.00598. The number of carbonyl (C=O) groups is 3. The number of carbonyl (C=O) groups excluding carboxylic acids is 3. The average Bonchev–Trinajstić information content (AvgIpc) is 3.34. The van der Waals surface area contributed by atoms with Crippen LogP contribution in [0.3, 0.4) is 0 Å². The molecule has 2 aromatic heterocycles. The average molecular weight is 604 g/mol. The zero-order valence-electron chi connectivity index (χ0n) is 24.8. The molecule has 0 bridgehead atoms. The van der Waals surface area contributed by atoms with Crippen LogP contribution in [-0.2, 0) is 37.0 Å². The van der Waals surface area contributed by atoms with Gasteiger partial charge in [0.2, 0.25) is 11.9 Å². The summed E-state index contributed by atoms with van der Waals surface area (Å²) in [7, 11) is 1.24. The number of anilines is 3. The third-order valence-corrected chi connectivity index (χ3v) is 6.95. The summed E-state index contributed by atoms with van der Waals surface area (Å²) >= 11 is 0. The molecule has 13 nitrogen and oxygen atoms in total. The Morgan fingerprint density at radius 1 is 1.05 bits per heavy atom.